The van der Waals surface area contributed by atoms with Crippen LogP contribution in [0.5, 0.6) is 0 Å². The van der Waals surface area contributed by atoms with E-state index in [1.807, 2.05) is 19.1 Å². The highest BCUT2D eigenvalue weighted by Gasteiger charge is 2.27. The molecule has 0 saturated heterocycles. The molecular formula is C22H21FN4O2. The van der Waals surface area contributed by atoms with Gasteiger partial charge in [-0.15, -0.1) is 0 Å². The molecule has 0 atom stereocenters. The van der Waals surface area contributed by atoms with E-state index in [9.17, 15) is 9.18 Å². The molecule has 0 fully saturated rings. The van der Waals surface area contributed by atoms with Gasteiger partial charge in [0.25, 0.3) is 5.91 Å². The van der Waals surface area contributed by atoms with Crippen LogP contribution >= 0.6 is 0 Å². The summed E-state index contributed by atoms with van der Waals surface area (Å²) >= 11 is 0. The predicted octanol–water partition coefficient (Wildman–Crippen LogP) is 4.20. The largest absolute Gasteiger partial charge is 0.455 e. The van der Waals surface area contributed by atoms with Crippen LogP contribution in [-0.4, -0.2) is 16.6 Å². The molecule has 1 aromatic carbocycles. The van der Waals surface area contributed by atoms with E-state index in [1.165, 1.54) is 12.1 Å². The van der Waals surface area contributed by atoms with E-state index < -0.39 is 0 Å². The summed E-state index contributed by atoms with van der Waals surface area (Å²) < 4.78 is 19.0. The molecule has 0 unspecified atom stereocenters. The normalized spacial score (nSPS) is 14.5. The van der Waals surface area contributed by atoms with E-state index in [-0.39, 0.29) is 11.7 Å². The number of fused-ring (bicyclic) bond motifs is 1. The standard InChI is InChI=1S/C22H21FN4O2/c1-14-20-18(27-26-17-9-7-16(23)8-10-17)5-2-6-19(20)29-21(14)22(28)25-13-15-4-3-11-24-12-15/h3-4,7-12,26H,2,5-6,13H2,1H3,(H,25,28)/b27-18+. The zero-order chi connectivity index (χ0) is 20.2. The van der Waals surface area contributed by atoms with Gasteiger partial charge in [-0.05, 0) is 55.7 Å². The molecule has 2 N–H and O–H groups in total. The van der Waals surface area contributed by atoms with Crippen LogP contribution in [0, 0.1) is 12.7 Å². The maximum atomic E-state index is 13.1. The van der Waals surface area contributed by atoms with Crippen LogP contribution < -0.4 is 10.7 Å². The van der Waals surface area contributed by atoms with Gasteiger partial charge >= 0.3 is 0 Å². The average Bonchev–Trinajstić information content (AvgIpc) is 3.10. The number of hydrogen-bond acceptors (Lipinski definition) is 5. The Balaban J connectivity index is 1.53. The zero-order valence-corrected chi connectivity index (χ0v) is 16.0. The predicted molar refractivity (Wildman–Crippen MR) is 108 cm³/mol. The van der Waals surface area contributed by atoms with Crippen molar-refractivity contribution < 1.29 is 13.6 Å². The number of carbonyl (C=O) groups excluding carboxylic acids is 1. The molecule has 3 aromatic rings. The van der Waals surface area contributed by atoms with Gasteiger partial charge < -0.3 is 9.73 Å². The van der Waals surface area contributed by atoms with E-state index >= 15 is 0 Å². The van der Waals surface area contributed by atoms with Crippen molar-refractivity contribution in [1.82, 2.24) is 10.3 Å². The summed E-state index contributed by atoms with van der Waals surface area (Å²) in [5.74, 6) is 0.539. The Labute approximate surface area is 167 Å². The van der Waals surface area contributed by atoms with E-state index in [0.717, 1.165) is 47.4 Å². The van der Waals surface area contributed by atoms with Gasteiger partial charge in [-0.3, -0.25) is 15.2 Å². The minimum absolute atomic E-state index is 0.258. The number of hydrogen-bond donors (Lipinski definition) is 2. The van der Waals surface area contributed by atoms with Crippen molar-refractivity contribution >= 4 is 17.3 Å². The molecule has 0 aliphatic heterocycles. The maximum Gasteiger partial charge on any atom is 0.287 e. The smallest absolute Gasteiger partial charge is 0.287 e. The molecule has 0 saturated carbocycles. The zero-order valence-electron chi connectivity index (χ0n) is 16.0. The number of furan rings is 1. The fourth-order valence-electron chi connectivity index (χ4n) is 3.42. The summed E-state index contributed by atoms with van der Waals surface area (Å²) in [6.45, 7) is 2.25. The van der Waals surface area contributed by atoms with Gasteiger partial charge in [-0.25, -0.2) is 4.39 Å². The molecule has 6 nitrogen and oxygen atoms in total. The lowest BCUT2D eigenvalue weighted by Crippen LogP contribution is -2.23. The number of nitrogens with one attached hydrogen (secondary N) is 2. The Bertz CT molecular complexity index is 1040. The van der Waals surface area contributed by atoms with Gasteiger partial charge in [-0.2, -0.15) is 5.10 Å². The molecule has 2 aromatic heterocycles. The first-order chi connectivity index (χ1) is 14.1. The lowest BCUT2D eigenvalue weighted by atomic mass is 9.93. The Hall–Kier alpha value is -3.48. The molecule has 1 aliphatic rings. The Kier molecular flexibility index (Phi) is 5.37. The highest BCUT2D eigenvalue weighted by atomic mass is 19.1. The molecule has 29 heavy (non-hydrogen) atoms. The summed E-state index contributed by atoms with van der Waals surface area (Å²) in [5.41, 5.74) is 7.08. The average molecular weight is 392 g/mol. The van der Waals surface area contributed by atoms with Gasteiger partial charge in [-0.1, -0.05) is 6.07 Å². The van der Waals surface area contributed by atoms with Gasteiger partial charge in [0.2, 0.25) is 0 Å². The number of hydrazone groups is 1. The van der Waals surface area contributed by atoms with Crippen molar-refractivity contribution in [3.8, 4) is 0 Å². The lowest BCUT2D eigenvalue weighted by molar-refractivity contribution is 0.0920. The number of benzene rings is 1. The molecular weight excluding hydrogens is 371 g/mol. The van der Waals surface area contributed by atoms with Gasteiger partial charge in [0, 0.05) is 36.5 Å². The lowest BCUT2D eigenvalue weighted by Gasteiger charge is -2.13. The number of aromatic nitrogens is 1. The number of carbonyl (C=O) groups is 1. The molecule has 0 bridgehead atoms. The van der Waals surface area contributed by atoms with Crippen LogP contribution in [0.25, 0.3) is 0 Å². The van der Waals surface area contributed by atoms with Crippen molar-refractivity contribution in [3.63, 3.8) is 0 Å². The summed E-state index contributed by atoms with van der Waals surface area (Å²) in [7, 11) is 0. The second kappa shape index (κ2) is 8.26. The summed E-state index contributed by atoms with van der Waals surface area (Å²) in [4.78, 5) is 16.7. The number of pyridine rings is 1. The number of halogens is 1. The summed E-state index contributed by atoms with van der Waals surface area (Å²) in [6.07, 6.45) is 5.84. The van der Waals surface area contributed by atoms with Gasteiger partial charge in [0.15, 0.2) is 5.76 Å². The maximum absolute atomic E-state index is 13.1. The number of anilines is 1. The SMILES string of the molecule is Cc1c(C(=O)NCc2cccnc2)oc2c1/C(=N/Nc1ccc(F)cc1)CCC2. The Morgan fingerprint density at radius 1 is 1.24 bits per heavy atom. The fraction of sp³-hybridized carbons (Fsp3) is 0.227. The fourth-order valence-corrected chi connectivity index (χ4v) is 3.42. The summed E-state index contributed by atoms with van der Waals surface area (Å²) in [5, 5.41) is 7.38. The van der Waals surface area contributed by atoms with Crippen LogP contribution in [0.3, 0.4) is 0 Å². The minimum atomic E-state index is -0.296. The molecule has 0 spiro atoms. The van der Waals surface area contributed by atoms with Crippen LogP contribution in [-0.2, 0) is 13.0 Å². The highest BCUT2D eigenvalue weighted by Crippen LogP contribution is 2.30. The van der Waals surface area contributed by atoms with Gasteiger partial charge in [0.1, 0.15) is 11.6 Å². The van der Waals surface area contributed by atoms with Crippen molar-refractivity contribution in [3.05, 3.63) is 82.8 Å². The second-order valence-electron chi connectivity index (χ2n) is 6.93. The highest BCUT2D eigenvalue weighted by molar-refractivity contribution is 6.06. The number of nitrogens with zero attached hydrogens (tertiary/aromatic N) is 2. The van der Waals surface area contributed by atoms with Crippen molar-refractivity contribution in [2.75, 3.05) is 5.43 Å². The molecule has 1 amide bonds. The number of aryl methyl sites for hydroxylation is 1. The quantitative estimate of drug-likeness (QED) is 0.638. The van der Waals surface area contributed by atoms with Crippen LogP contribution in [0.2, 0.25) is 0 Å². The third-order valence-corrected chi connectivity index (χ3v) is 4.87. The first kappa shape index (κ1) is 18.9. The van der Waals surface area contributed by atoms with E-state index in [1.54, 1.807) is 24.5 Å². The topological polar surface area (TPSA) is 79.5 Å². The molecule has 2 heterocycles. The van der Waals surface area contributed by atoms with Gasteiger partial charge in [0.05, 0.1) is 11.4 Å². The monoisotopic (exact) mass is 392 g/mol. The third-order valence-electron chi connectivity index (χ3n) is 4.87. The molecule has 148 valence electrons. The molecule has 1 aliphatic carbocycles. The molecule has 7 heteroatoms. The molecule has 4 rings (SSSR count). The second-order valence-corrected chi connectivity index (χ2v) is 6.93. The van der Waals surface area contributed by atoms with Crippen molar-refractivity contribution in [1.29, 1.82) is 0 Å². The Morgan fingerprint density at radius 3 is 2.83 bits per heavy atom. The van der Waals surface area contributed by atoms with E-state index in [0.29, 0.717) is 18.0 Å². The third kappa shape index (κ3) is 4.18. The van der Waals surface area contributed by atoms with Crippen molar-refractivity contribution in [2.24, 2.45) is 5.10 Å². The van der Waals surface area contributed by atoms with Crippen LogP contribution in [0.1, 0.15) is 45.8 Å². The van der Waals surface area contributed by atoms with E-state index in [2.05, 4.69) is 20.8 Å². The Morgan fingerprint density at radius 2 is 2.07 bits per heavy atom. The number of amides is 1. The summed E-state index contributed by atoms with van der Waals surface area (Å²) in [6, 6.07) is 9.74. The van der Waals surface area contributed by atoms with E-state index in [4.69, 9.17) is 4.42 Å². The van der Waals surface area contributed by atoms with Crippen molar-refractivity contribution in [2.45, 2.75) is 32.7 Å². The first-order valence-electron chi connectivity index (χ1n) is 9.49. The first-order valence-corrected chi connectivity index (χ1v) is 9.49. The minimum Gasteiger partial charge on any atom is -0.455 e. The number of rotatable bonds is 5. The van der Waals surface area contributed by atoms with Crippen LogP contribution in [0.15, 0.2) is 58.3 Å². The van der Waals surface area contributed by atoms with Crippen LogP contribution in [0.4, 0.5) is 10.1 Å². The molecule has 0 radical (unpaired) electrons.